The lowest BCUT2D eigenvalue weighted by atomic mass is 10.1. The maximum atomic E-state index is 12.1. The van der Waals surface area contributed by atoms with Crippen LogP contribution in [0.3, 0.4) is 0 Å². The molecule has 88 valence electrons. The fourth-order valence-corrected chi connectivity index (χ4v) is 1.75. The third kappa shape index (κ3) is 2.06. The highest BCUT2D eigenvalue weighted by atomic mass is 16.2. The highest BCUT2D eigenvalue weighted by Gasteiger charge is 2.30. The second kappa shape index (κ2) is 4.61. The van der Waals surface area contributed by atoms with E-state index in [1.807, 2.05) is 4.90 Å². The van der Waals surface area contributed by atoms with Crippen molar-refractivity contribution in [1.29, 1.82) is 0 Å². The van der Waals surface area contributed by atoms with Crippen molar-refractivity contribution in [2.24, 2.45) is 0 Å². The molecular formula is C10H17N5O. The van der Waals surface area contributed by atoms with E-state index in [2.05, 4.69) is 27.4 Å². The number of hydrogen-bond acceptors (Lipinski definition) is 4. The van der Waals surface area contributed by atoms with Crippen LogP contribution in [0.15, 0.2) is 0 Å². The largest absolute Gasteiger partial charge is 0.330 e. The molecule has 0 aliphatic carbocycles. The average Bonchev–Trinajstić information content (AvgIpc) is 2.60. The molecule has 0 bridgehead atoms. The molecule has 1 aromatic rings. The first kappa shape index (κ1) is 11.1. The van der Waals surface area contributed by atoms with Crippen molar-refractivity contribution in [2.45, 2.75) is 26.3 Å². The molecular weight excluding hydrogens is 206 g/mol. The van der Waals surface area contributed by atoms with Gasteiger partial charge in [0.25, 0.3) is 5.91 Å². The summed E-state index contributed by atoms with van der Waals surface area (Å²) in [5, 5.41) is 9.78. The molecule has 6 heteroatoms. The molecule has 1 amide bonds. The van der Waals surface area contributed by atoms with Gasteiger partial charge in [-0.1, -0.05) is 6.92 Å². The summed E-state index contributed by atoms with van der Waals surface area (Å²) in [6.07, 6.45) is 0.950. The van der Waals surface area contributed by atoms with E-state index in [0.29, 0.717) is 11.9 Å². The van der Waals surface area contributed by atoms with Gasteiger partial charge in [0.05, 0.1) is 6.04 Å². The molecule has 0 aromatic carbocycles. The van der Waals surface area contributed by atoms with E-state index in [0.717, 1.165) is 26.1 Å². The Labute approximate surface area is 94.4 Å². The van der Waals surface area contributed by atoms with Crippen molar-refractivity contribution in [1.82, 2.24) is 25.4 Å². The third-order valence-corrected chi connectivity index (χ3v) is 2.71. The van der Waals surface area contributed by atoms with Crippen LogP contribution in [-0.4, -0.2) is 51.7 Å². The van der Waals surface area contributed by atoms with Crippen LogP contribution >= 0.6 is 0 Å². The first-order chi connectivity index (χ1) is 7.72. The van der Waals surface area contributed by atoms with Gasteiger partial charge >= 0.3 is 0 Å². The summed E-state index contributed by atoms with van der Waals surface area (Å²) in [6, 6.07) is 0.297. The lowest BCUT2D eigenvalue weighted by molar-refractivity contribution is 0.0603. The number of nitrogens with one attached hydrogen (secondary N) is 2. The lowest BCUT2D eigenvalue weighted by Crippen LogP contribution is -2.59. The second-order valence-corrected chi connectivity index (χ2v) is 4.06. The SMILES string of the molecule is CCCN(C(=O)c1n[nH]c(C)n1)C1CNC1. The number of carbonyl (C=O) groups is 1. The first-order valence-electron chi connectivity index (χ1n) is 5.63. The maximum absolute atomic E-state index is 12.1. The second-order valence-electron chi connectivity index (χ2n) is 4.06. The molecule has 1 aromatic heterocycles. The molecule has 1 aliphatic rings. The molecule has 0 atom stereocenters. The number of H-pyrrole nitrogens is 1. The maximum Gasteiger partial charge on any atom is 0.293 e. The Hall–Kier alpha value is -1.43. The van der Waals surface area contributed by atoms with E-state index >= 15 is 0 Å². The number of carbonyl (C=O) groups excluding carboxylic acids is 1. The van der Waals surface area contributed by atoms with E-state index in [1.165, 1.54) is 0 Å². The van der Waals surface area contributed by atoms with E-state index < -0.39 is 0 Å². The highest BCUT2D eigenvalue weighted by Crippen LogP contribution is 2.09. The molecule has 0 spiro atoms. The Balaban J connectivity index is 2.09. The van der Waals surface area contributed by atoms with Crippen molar-refractivity contribution in [3.63, 3.8) is 0 Å². The van der Waals surface area contributed by atoms with Crippen LogP contribution in [0.1, 0.15) is 29.8 Å². The summed E-state index contributed by atoms with van der Waals surface area (Å²) >= 11 is 0. The molecule has 16 heavy (non-hydrogen) atoms. The predicted molar refractivity (Wildman–Crippen MR) is 59.1 cm³/mol. The summed E-state index contributed by atoms with van der Waals surface area (Å²) in [5.74, 6) is 0.877. The van der Waals surface area contributed by atoms with E-state index in [-0.39, 0.29) is 11.7 Å². The molecule has 0 unspecified atom stereocenters. The number of amides is 1. The lowest BCUT2D eigenvalue weighted by Gasteiger charge is -2.37. The van der Waals surface area contributed by atoms with Gasteiger partial charge in [0.1, 0.15) is 5.82 Å². The minimum absolute atomic E-state index is 0.0716. The summed E-state index contributed by atoms with van der Waals surface area (Å²) < 4.78 is 0. The molecule has 6 nitrogen and oxygen atoms in total. The molecule has 1 aliphatic heterocycles. The van der Waals surface area contributed by atoms with Gasteiger partial charge in [-0.3, -0.25) is 9.89 Å². The third-order valence-electron chi connectivity index (χ3n) is 2.71. The van der Waals surface area contributed by atoms with Crippen LogP contribution in [0.5, 0.6) is 0 Å². The molecule has 2 rings (SSSR count). The number of aromatic amines is 1. The zero-order valence-electron chi connectivity index (χ0n) is 9.66. The molecule has 1 saturated heterocycles. The quantitative estimate of drug-likeness (QED) is 0.749. The summed E-state index contributed by atoms with van der Waals surface area (Å²) in [6.45, 7) is 6.36. The summed E-state index contributed by atoms with van der Waals surface area (Å²) in [7, 11) is 0. The van der Waals surface area contributed by atoms with Crippen LogP contribution in [0, 0.1) is 6.92 Å². The molecule has 1 fully saturated rings. The smallest absolute Gasteiger partial charge is 0.293 e. The highest BCUT2D eigenvalue weighted by molar-refractivity contribution is 5.90. The molecule has 2 N–H and O–H groups in total. The molecule has 0 radical (unpaired) electrons. The van der Waals surface area contributed by atoms with Crippen molar-refractivity contribution in [2.75, 3.05) is 19.6 Å². The number of aromatic nitrogens is 3. The van der Waals surface area contributed by atoms with Gasteiger partial charge in [-0.2, -0.15) is 0 Å². The van der Waals surface area contributed by atoms with Gasteiger partial charge < -0.3 is 10.2 Å². The minimum atomic E-state index is -0.0716. The Morgan fingerprint density at radius 3 is 2.75 bits per heavy atom. The van der Waals surface area contributed by atoms with Gasteiger partial charge in [-0.25, -0.2) is 4.98 Å². The summed E-state index contributed by atoms with van der Waals surface area (Å²) in [5.41, 5.74) is 0. The van der Waals surface area contributed by atoms with Crippen molar-refractivity contribution in [3.8, 4) is 0 Å². The van der Waals surface area contributed by atoms with Crippen LogP contribution in [0.25, 0.3) is 0 Å². The zero-order valence-corrected chi connectivity index (χ0v) is 9.66. The van der Waals surface area contributed by atoms with E-state index in [9.17, 15) is 4.79 Å². The Morgan fingerprint density at radius 2 is 2.31 bits per heavy atom. The van der Waals surface area contributed by atoms with Crippen LogP contribution < -0.4 is 5.32 Å². The van der Waals surface area contributed by atoms with E-state index in [1.54, 1.807) is 6.92 Å². The fourth-order valence-electron chi connectivity index (χ4n) is 1.75. The first-order valence-corrected chi connectivity index (χ1v) is 5.63. The van der Waals surface area contributed by atoms with Gasteiger partial charge in [0.2, 0.25) is 5.82 Å². The van der Waals surface area contributed by atoms with Crippen LogP contribution in [0.2, 0.25) is 0 Å². The topological polar surface area (TPSA) is 73.9 Å². The zero-order chi connectivity index (χ0) is 11.5. The Morgan fingerprint density at radius 1 is 1.56 bits per heavy atom. The van der Waals surface area contributed by atoms with Gasteiger partial charge in [-0.05, 0) is 13.3 Å². The standard InChI is InChI=1S/C10H17N5O/c1-3-4-15(8-5-11-6-8)10(16)9-12-7(2)13-14-9/h8,11H,3-6H2,1-2H3,(H,12,13,14). The molecule has 2 heterocycles. The minimum Gasteiger partial charge on any atom is -0.330 e. The number of rotatable bonds is 4. The summed E-state index contributed by atoms with van der Waals surface area (Å²) in [4.78, 5) is 18.1. The Bertz CT molecular complexity index is 371. The predicted octanol–water partition coefficient (Wildman–Crippen LogP) is -0.0629. The van der Waals surface area contributed by atoms with Gasteiger partial charge in [-0.15, -0.1) is 5.10 Å². The van der Waals surface area contributed by atoms with Crippen molar-refractivity contribution >= 4 is 5.91 Å². The number of hydrogen-bond donors (Lipinski definition) is 2. The average molecular weight is 223 g/mol. The van der Waals surface area contributed by atoms with Crippen LogP contribution in [0.4, 0.5) is 0 Å². The molecule has 0 saturated carbocycles. The van der Waals surface area contributed by atoms with E-state index in [4.69, 9.17) is 0 Å². The van der Waals surface area contributed by atoms with Gasteiger partial charge in [0, 0.05) is 19.6 Å². The number of nitrogens with zero attached hydrogens (tertiary/aromatic N) is 3. The van der Waals surface area contributed by atoms with Crippen molar-refractivity contribution < 1.29 is 4.79 Å². The normalized spacial score (nSPS) is 15.9. The van der Waals surface area contributed by atoms with Crippen molar-refractivity contribution in [3.05, 3.63) is 11.6 Å². The Kier molecular flexibility index (Phi) is 3.19. The fraction of sp³-hybridized carbons (Fsp3) is 0.700. The van der Waals surface area contributed by atoms with Gasteiger partial charge in [0.15, 0.2) is 0 Å². The monoisotopic (exact) mass is 223 g/mol. The van der Waals surface area contributed by atoms with Crippen LogP contribution in [-0.2, 0) is 0 Å². The number of aryl methyl sites for hydroxylation is 1.